The van der Waals surface area contributed by atoms with E-state index in [1.807, 2.05) is 55.5 Å². The molecule has 3 N–H and O–H groups in total. The molecule has 0 atom stereocenters. The highest BCUT2D eigenvalue weighted by atomic mass is 16.1. The Morgan fingerprint density at radius 1 is 1.05 bits per heavy atom. The van der Waals surface area contributed by atoms with Gasteiger partial charge in [0.05, 0.1) is 0 Å². The van der Waals surface area contributed by atoms with Crippen LogP contribution in [0.15, 0.2) is 48.5 Å². The van der Waals surface area contributed by atoms with Crippen molar-refractivity contribution in [2.75, 3.05) is 12.3 Å². The zero-order valence-corrected chi connectivity index (χ0v) is 11.7. The first-order valence-electron chi connectivity index (χ1n) is 6.84. The van der Waals surface area contributed by atoms with E-state index in [-0.39, 0.29) is 5.91 Å². The van der Waals surface area contributed by atoms with Gasteiger partial charge in [0.15, 0.2) is 0 Å². The van der Waals surface area contributed by atoms with Crippen molar-refractivity contribution in [3.05, 3.63) is 65.2 Å². The fourth-order valence-corrected chi connectivity index (χ4v) is 1.99. The van der Waals surface area contributed by atoms with Crippen LogP contribution >= 0.6 is 0 Å². The third-order valence-corrected chi connectivity index (χ3v) is 3.22. The summed E-state index contributed by atoms with van der Waals surface area (Å²) in [6.45, 7) is 2.69. The van der Waals surface area contributed by atoms with Gasteiger partial charge in [-0.3, -0.25) is 4.79 Å². The summed E-state index contributed by atoms with van der Waals surface area (Å²) >= 11 is 0. The molecule has 104 valence electrons. The van der Waals surface area contributed by atoms with Crippen LogP contribution < -0.4 is 11.1 Å². The number of nitrogen functional groups attached to an aromatic ring is 1. The van der Waals surface area contributed by atoms with Gasteiger partial charge >= 0.3 is 0 Å². The van der Waals surface area contributed by atoms with Crippen LogP contribution in [0.5, 0.6) is 0 Å². The van der Waals surface area contributed by atoms with E-state index in [1.54, 1.807) is 0 Å². The summed E-state index contributed by atoms with van der Waals surface area (Å²) in [5.41, 5.74) is 9.53. The standard InChI is InChI=1S/C17H20N2O/c1-13-4-8-15(9-5-13)17(20)19-12-2-3-14-6-10-16(18)11-7-14/h4-11H,2-3,12,18H2,1H3,(H,19,20). The lowest BCUT2D eigenvalue weighted by Gasteiger charge is -2.06. The summed E-state index contributed by atoms with van der Waals surface area (Å²) in [7, 11) is 0. The van der Waals surface area contributed by atoms with E-state index in [1.165, 1.54) is 5.56 Å². The Balaban J connectivity index is 1.74. The quantitative estimate of drug-likeness (QED) is 0.647. The lowest BCUT2D eigenvalue weighted by Crippen LogP contribution is -2.24. The monoisotopic (exact) mass is 268 g/mol. The molecule has 0 spiro atoms. The lowest BCUT2D eigenvalue weighted by molar-refractivity contribution is 0.0953. The summed E-state index contributed by atoms with van der Waals surface area (Å²) in [5.74, 6) is -0.0118. The van der Waals surface area contributed by atoms with E-state index in [4.69, 9.17) is 5.73 Å². The SMILES string of the molecule is Cc1ccc(C(=O)NCCCc2ccc(N)cc2)cc1. The number of amides is 1. The number of carbonyl (C=O) groups is 1. The first-order chi connectivity index (χ1) is 9.65. The second-order valence-electron chi connectivity index (χ2n) is 4.97. The van der Waals surface area contributed by atoms with Crippen LogP contribution in [-0.2, 0) is 6.42 Å². The highest BCUT2D eigenvalue weighted by Gasteiger charge is 2.03. The van der Waals surface area contributed by atoms with Gasteiger partial charge in [0.2, 0.25) is 0 Å². The summed E-state index contributed by atoms with van der Waals surface area (Å²) in [4.78, 5) is 11.9. The minimum absolute atomic E-state index is 0.0118. The molecular weight excluding hydrogens is 248 g/mol. The molecule has 0 aliphatic carbocycles. The number of aryl methyl sites for hydroxylation is 2. The second kappa shape index (κ2) is 6.75. The lowest BCUT2D eigenvalue weighted by atomic mass is 10.1. The van der Waals surface area contributed by atoms with E-state index in [0.717, 1.165) is 24.1 Å². The Morgan fingerprint density at radius 3 is 2.35 bits per heavy atom. The van der Waals surface area contributed by atoms with Gasteiger partial charge in [0.1, 0.15) is 0 Å². The molecule has 20 heavy (non-hydrogen) atoms. The van der Waals surface area contributed by atoms with Crippen molar-refractivity contribution in [2.45, 2.75) is 19.8 Å². The average Bonchev–Trinajstić information content (AvgIpc) is 2.46. The smallest absolute Gasteiger partial charge is 0.251 e. The zero-order chi connectivity index (χ0) is 14.4. The Hall–Kier alpha value is -2.29. The van der Waals surface area contributed by atoms with Gasteiger partial charge in [-0.05, 0) is 49.6 Å². The van der Waals surface area contributed by atoms with Crippen molar-refractivity contribution in [2.24, 2.45) is 0 Å². The first-order valence-corrected chi connectivity index (χ1v) is 6.84. The van der Waals surface area contributed by atoms with E-state index in [2.05, 4.69) is 5.32 Å². The van der Waals surface area contributed by atoms with Gasteiger partial charge in [-0.15, -0.1) is 0 Å². The fourth-order valence-electron chi connectivity index (χ4n) is 1.99. The molecule has 0 aromatic heterocycles. The zero-order valence-electron chi connectivity index (χ0n) is 11.7. The van der Waals surface area contributed by atoms with Crippen molar-refractivity contribution < 1.29 is 4.79 Å². The molecular formula is C17H20N2O. The molecule has 0 saturated carbocycles. The maximum atomic E-state index is 11.9. The van der Waals surface area contributed by atoms with Crippen molar-refractivity contribution >= 4 is 11.6 Å². The van der Waals surface area contributed by atoms with E-state index in [9.17, 15) is 4.79 Å². The molecule has 0 aliphatic rings. The number of carbonyl (C=O) groups excluding carboxylic acids is 1. The number of rotatable bonds is 5. The topological polar surface area (TPSA) is 55.1 Å². The molecule has 3 heteroatoms. The fraction of sp³-hybridized carbons (Fsp3) is 0.235. The number of anilines is 1. The van der Waals surface area contributed by atoms with Gasteiger partial charge in [0.25, 0.3) is 5.91 Å². The summed E-state index contributed by atoms with van der Waals surface area (Å²) < 4.78 is 0. The van der Waals surface area contributed by atoms with Gasteiger partial charge in [-0.1, -0.05) is 29.8 Å². The van der Waals surface area contributed by atoms with Crippen LogP contribution in [0.25, 0.3) is 0 Å². The number of hydrogen-bond donors (Lipinski definition) is 2. The number of benzene rings is 2. The van der Waals surface area contributed by atoms with E-state index in [0.29, 0.717) is 12.1 Å². The Kier molecular flexibility index (Phi) is 4.77. The number of nitrogens with two attached hydrogens (primary N) is 1. The molecule has 0 saturated heterocycles. The third-order valence-electron chi connectivity index (χ3n) is 3.22. The summed E-state index contributed by atoms with van der Waals surface area (Å²) in [5, 5.41) is 2.94. The average molecular weight is 268 g/mol. The predicted octanol–water partition coefficient (Wildman–Crippen LogP) is 2.94. The minimum atomic E-state index is -0.0118. The predicted molar refractivity (Wildman–Crippen MR) is 82.7 cm³/mol. The maximum Gasteiger partial charge on any atom is 0.251 e. The molecule has 2 rings (SSSR count). The molecule has 2 aromatic rings. The van der Waals surface area contributed by atoms with Crippen molar-refractivity contribution in [1.29, 1.82) is 0 Å². The Labute approximate surface area is 119 Å². The molecule has 0 radical (unpaired) electrons. The molecule has 0 unspecified atom stereocenters. The molecule has 0 bridgehead atoms. The van der Waals surface area contributed by atoms with Crippen LogP contribution in [-0.4, -0.2) is 12.5 Å². The van der Waals surface area contributed by atoms with Crippen LogP contribution in [0.2, 0.25) is 0 Å². The maximum absolute atomic E-state index is 11.9. The summed E-state index contributed by atoms with van der Waals surface area (Å²) in [6, 6.07) is 15.5. The molecule has 0 heterocycles. The number of nitrogens with one attached hydrogen (secondary N) is 1. The normalized spacial score (nSPS) is 10.2. The van der Waals surface area contributed by atoms with Gasteiger partial charge < -0.3 is 11.1 Å². The van der Waals surface area contributed by atoms with E-state index >= 15 is 0 Å². The first kappa shape index (κ1) is 14.1. The Bertz CT molecular complexity index is 559. The van der Waals surface area contributed by atoms with Gasteiger partial charge in [-0.25, -0.2) is 0 Å². The van der Waals surface area contributed by atoms with Crippen LogP contribution in [0.1, 0.15) is 27.9 Å². The highest BCUT2D eigenvalue weighted by Crippen LogP contribution is 2.07. The van der Waals surface area contributed by atoms with Crippen molar-refractivity contribution in [3.8, 4) is 0 Å². The molecule has 0 fully saturated rings. The summed E-state index contributed by atoms with van der Waals surface area (Å²) in [6.07, 6.45) is 1.86. The van der Waals surface area contributed by atoms with Crippen molar-refractivity contribution in [3.63, 3.8) is 0 Å². The molecule has 1 amide bonds. The van der Waals surface area contributed by atoms with Gasteiger partial charge in [-0.2, -0.15) is 0 Å². The Morgan fingerprint density at radius 2 is 1.70 bits per heavy atom. The second-order valence-corrected chi connectivity index (χ2v) is 4.97. The molecule has 0 aliphatic heterocycles. The molecule has 3 nitrogen and oxygen atoms in total. The highest BCUT2D eigenvalue weighted by molar-refractivity contribution is 5.94. The van der Waals surface area contributed by atoms with Crippen molar-refractivity contribution in [1.82, 2.24) is 5.32 Å². The van der Waals surface area contributed by atoms with Crippen LogP contribution in [0.3, 0.4) is 0 Å². The van der Waals surface area contributed by atoms with Gasteiger partial charge in [0, 0.05) is 17.8 Å². The largest absolute Gasteiger partial charge is 0.399 e. The third kappa shape index (κ3) is 4.12. The van der Waals surface area contributed by atoms with Crippen LogP contribution in [0.4, 0.5) is 5.69 Å². The number of hydrogen-bond acceptors (Lipinski definition) is 2. The minimum Gasteiger partial charge on any atom is -0.399 e. The van der Waals surface area contributed by atoms with E-state index < -0.39 is 0 Å². The van der Waals surface area contributed by atoms with Crippen LogP contribution in [0, 0.1) is 6.92 Å². The molecule has 2 aromatic carbocycles.